The molecule has 7 amide bonds. The molecule has 4 aliphatic heterocycles. The summed E-state index contributed by atoms with van der Waals surface area (Å²) in [4.78, 5) is 117. The van der Waals surface area contributed by atoms with Crippen molar-refractivity contribution in [2.45, 2.75) is 108 Å². The molecule has 73 heavy (non-hydrogen) atoms. The highest BCUT2D eigenvalue weighted by Crippen LogP contribution is 2.59. The standard InChI is InChI=1S/C52H53F2N8O10P/c1-30-12-18-40-38(25-30)45(59-58-40)51(69)60-24-22-36-17-19-43(62(36)50(68)41(29-60)56-46(64)33-14-13-31-15-16-35(27-34(31)26-33)52(53,54)73(70,71)72)47(65)55-23-7-5-3-2-4-6-9-32-10-8-11-37-39(32)28-61(49(37)67)42-20-21-44(63)57-48(42)66/h8,10-16,18,25-27,36,41-43H,2-5,7,17,19-24,28-29H2,1H3,(H,55,65)(H,56,64)(H,58,59)(H,57,63,66)(H2,70,71,72)/t36-,41+,42?,43+/m1/s1. The fraction of sp³-hybridized carbons (Fsp3) is 0.385. The Labute approximate surface area is 417 Å². The second-order valence-corrected chi connectivity index (χ2v) is 20.7. The largest absolute Gasteiger partial charge is 0.399 e. The number of hydrogen-bond acceptors (Lipinski definition) is 9. The van der Waals surface area contributed by atoms with E-state index in [4.69, 9.17) is 0 Å². The number of carbonyl (C=O) groups excluding carboxylic acids is 7. The molecular weight excluding hydrogens is 966 g/mol. The zero-order chi connectivity index (χ0) is 51.8. The van der Waals surface area contributed by atoms with E-state index in [1.807, 2.05) is 25.1 Å². The summed E-state index contributed by atoms with van der Waals surface area (Å²) < 4.78 is 41.0. The number of aromatic amines is 1. The van der Waals surface area contributed by atoms with E-state index in [-0.39, 0.29) is 66.8 Å². The van der Waals surface area contributed by atoms with Crippen LogP contribution in [0.25, 0.3) is 21.7 Å². The average molecular weight is 1020 g/mol. The number of nitrogens with zero attached hydrogens (tertiary/aromatic N) is 4. The number of benzene rings is 4. The Morgan fingerprint density at radius 3 is 2.51 bits per heavy atom. The minimum atomic E-state index is -5.89. The first-order valence-electron chi connectivity index (χ1n) is 24.3. The number of fused-ring (bicyclic) bond motifs is 4. The Morgan fingerprint density at radius 1 is 0.918 bits per heavy atom. The molecule has 4 aliphatic rings. The number of hydrogen-bond donors (Lipinski definition) is 6. The van der Waals surface area contributed by atoms with Crippen LogP contribution in [0, 0.1) is 18.8 Å². The van der Waals surface area contributed by atoms with Crippen molar-refractivity contribution in [2.24, 2.45) is 0 Å². The number of amides is 7. The molecule has 0 spiro atoms. The van der Waals surface area contributed by atoms with E-state index in [1.54, 1.807) is 18.2 Å². The molecule has 0 aliphatic carbocycles. The topological polar surface area (TPSA) is 252 Å². The van der Waals surface area contributed by atoms with Crippen LogP contribution in [0.2, 0.25) is 0 Å². The van der Waals surface area contributed by atoms with Gasteiger partial charge in [0, 0.05) is 66.2 Å². The molecule has 6 N–H and O–H groups in total. The molecule has 5 heterocycles. The third-order valence-corrected chi connectivity index (χ3v) is 15.1. The number of alkyl halides is 2. The SMILES string of the molecule is Cc1ccc2[nH]nc(C(=O)N3CC[C@H]4CC[C@@H](C(=O)NCCCCCCC#Cc5cccc6c5CN(C5CCC(=O)NC5=O)C6=O)N4C(=O)[C@@H](NC(=O)c4ccc5ccc(C(F)(F)P(=O)(O)O)cc5c4)C3)c2c1. The van der Waals surface area contributed by atoms with Crippen molar-refractivity contribution in [3.05, 3.63) is 112 Å². The van der Waals surface area contributed by atoms with E-state index >= 15 is 0 Å². The average Bonchev–Trinajstić information content (AvgIpc) is 4.08. The van der Waals surface area contributed by atoms with E-state index in [1.165, 1.54) is 39.0 Å². The summed E-state index contributed by atoms with van der Waals surface area (Å²) >= 11 is 0. The van der Waals surface area contributed by atoms with E-state index in [2.05, 4.69) is 38.0 Å². The lowest BCUT2D eigenvalue weighted by molar-refractivity contribution is -0.143. The van der Waals surface area contributed by atoms with Gasteiger partial charge in [0.25, 0.3) is 17.7 Å². The van der Waals surface area contributed by atoms with Crippen LogP contribution in [0.3, 0.4) is 0 Å². The number of unbranched alkanes of at least 4 members (excludes halogenated alkanes) is 4. The maximum atomic E-state index is 14.8. The normalized spacial score (nSPS) is 20.3. The van der Waals surface area contributed by atoms with Gasteiger partial charge in [0.1, 0.15) is 18.1 Å². The van der Waals surface area contributed by atoms with Crippen LogP contribution >= 0.6 is 7.60 Å². The minimum absolute atomic E-state index is 0.0536. The lowest BCUT2D eigenvalue weighted by Crippen LogP contribution is -2.61. The minimum Gasteiger partial charge on any atom is -0.354 e. The second kappa shape index (κ2) is 20.7. The smallest absolute Gasteiger partial charge is 0.354 e. The third kappa shape index (κ3) is 10.3. The zero-order valence-corrected chi connectivity index (χ0v) is 40.7. The highest BCUT2D eigenvalue weighted by atomic mass is 31.2. The van der Waals surface area contributed by atoms with Crippen LogP contribution in [0.15, 0.2) is 72.8 Å². The summed E-state index contributed by atoms with van der Waals surface area (Å²) in [7, 11) is -5.89. The molecule has 5 aromatic rings. The molecule has 3 fully saturated rings. The van der Waals surface area contributed by atoms with Crippen molar-refractivity contribution >= 4 is 70.6 Å². The Morgan fingerprint density at radius 2 is 1.71 bits per heavy atom. The lowest BCUT2D eigenvalue weighted by Gasteiger charge is -2.38. The molecular formula is C52H53F2N8O10P. The van der Waals surface area contributed by atoms with Gasteiger partial charge in [0.05, 0.1) is 12.1 Å². The number of H-pyrrole nitrogens is 1. The number of piperidine rings is 1. The van der Waals surface area contributed by atoms with Crippen LogP contribution < -0.4 is 16.0 Å². The number of carbonyl (C=O) groups is 7. The third-order valence-electron chi connectivity index (χ3n) is 14.2. The van der Waals surface area contributed by atoms with Crippen LogP contribution in [0.4, 0.5) is 8.78 Å². The van der Waals surface area contributed by atoms with Gasteiger partial charge in [-0.05, 0) is 104 Å². The summed E-state index contributed by atoms with van der Waals surface area (Å²) in [5.74, 6) is 3.11. The molecule has 1 unspecified atom stereocenters. The first kappa shape index (κ1) is 50.6. The molecule has 9 rings (SSSR count). The van der Waals surface area contributed by atoms with Crippen LogP contribution in [-0.2, 0) is 36.0 Å². The molecule has 4 aromatic carbocycles. The summed E-state index contributed by atoms with van der Waals surface area (Å²) in [5, 5.41) is 16.3. The van der Waals surface area contributed by atoms with Crippen molar-refractivity contribution in [1.29, 1.82) is 0 Å². The van der Waals surface area contributed by atoms with Crippen molar-refractivity contribution in [1.82, 2.24) is 40.8 Å². The maximum absolute atomic E-state index is 14.8. The summed E-state index contributed by atoms with van der Waals surface area (Å²) in [6.45, 7) is 2.35. The monoisotopic (exact) mass is 1020 g/mol. The number of aromatic nitrogens is 2. The highest BCUT2D eigenvalue weighted by Gasteiger charge is 2.50. The van der Waals surface area contributed by atoms with Crippen LogP contribution in [0.5, 0.6) is 0 Å². The van der Waals surface area contributed by atoms with Gasteiger partial charge in [-0.2, -0.15) is 13.9 Å². The molecule has 0 bridgehead atoms. The predicted molar refractivity (Wildman–Crippen MR) is 262 cm³/mol. The molecule has 1 aromatic heterocycles. The molecule has 0 saturated carbocycles. The summed E-state index contributed by atoms with van der Waals surface area (Å²) in [6, 6.07) is 14.6. The Kier molecular flexibility index (Phi) is 14.3. The first-order chi connectivity index (χ1) is 34.9. The van der Waals surface area contributed by atoms with Gasteiger partial charge in [0.2, 0.25) is 23.6 Å². The molecule has 18 nitrogen and oxygen atoms in total. The van der Waals surface area contributed by atoms with E-state index in [0.29, 0.717) is 66.1 Å². The number of imide groups is 1. The fourth-order valence-corrected chi connectivity index (χ4v) is 10.7. The van der Waals surface area contributed by atoms with Gasteiger partial charge >= 0.3 is 13.3 Å². The Bertz CT molecular complexity index is 3200. The van der Waals surface area contributed by atoms with E-state index < -0.39 is 66.6 Å². The number of halogens is 2. The lowest BCUT2D eigenvalue weighted by atomic mass is 10.0. The van der Waals surface area contributed by atoms with Crippen LogP contribution in [-0.4, -0.2) is 120 Å². The van der Waals surface area contributed by atoms with E-state index in [0.717, 1.165) is 42.5 Å². The second-order valence-electron chi connectivity index (χ2n) is 19.0. The summed E-state index contributed by atoms with van der Waals surface area (Å²) in [5.41, 5.74) is -1.84. The fourth-order valence-electron chi connectivity index (χ4n) is 10.2. The van der Waals surface area contributed by atoms with Gasteiger partial charge in [-0.15, -0.1) is 0 Å². The number of rotatable bonds is 13. The number of aryl methyl sites for hydroxylation is 1. The molecule has 4 atom stereocenters. The van der Waals surface area contributed by atoms with Crippen molar-refractivity contribution < 1.29 is 56.7 Å². The Balaban J connectivity index is 0.831. The zero-order valence-electron chi connectivity index (χ0n) is 39.8. The van der Waals surface area contributed by atoms with Crippen molar-refractivity contribution in [2.75, 3.05) is 19.6 Å². The first-order valence-corrected chi connectivity index (χ1v) is 25.9. The molecule has 380 valence electrons. The van der Waals surface area contributed by atoms with Crippen LogP contribution in [0.1, 0.15) is 118 Å². The maximum Gasteiger partial charge on any atom is 0.399 e. The van der Waals surface area contributed by atoms with Gasteiger partial charge in [-0.3, -0.25) is 48.5 Å². The molecule has 21 heteroatoms. The Hall–Kier alpha value is -7.33. The van der Waals surface area contributed by atoms with Gasteiger partial charge < -0.3 is 35.1 Å². The van der Waals surface area contributed by atoms with Gasteiger partial charge in [-0.25, -0.2) is 0 Å². The van der Waals surface area contributed by atoms with Gasteiger partial charge in [-0.1, -0.05) is 60.6 Å². The molecule has 0 radical (unpaired) electrons. The highest BCUT2D eigenvalue weighted by molar-refractivity contribution is 7.52. The van der Waals surface area contributed by atoms with E-state index in [9.17, 15) is 56.7 Å². The quantitative estimate of drug-likeness (QED) is 0.0390. The van der Waals surface area contributed by atoms with Gasteiger partial charge in [0.15, 0.2) is 5.69 Å². The number of nitrogens with one attached hydrogen (secondary N) is 4. The van der Waals surface area contributed by atoms with Crippen molar-refractivity contribution in [3.8, 4) is 11.8 Å². The predicted octanol–water partition coefficient (Wildman–Crippen LogP) is 5.14. The molecule has 3 saturated heterocycles. The van der Waals surface area contributed by atoms with Crippen molar-refractivity contribution in [3.63, 3.8) is 0 Å². The summed E-state index contributed by atoms with van der Waals surface area (Å²) in [6.07, 6.45) is 5.28.